The molecule has 0 fully saturated rings. The molecule has 0 bridgehead atoms. The van der Waals surface area contributed by atoms with Crippen molar-refractivity contribution in [2.45, 2.75) is 96.8 Å². The molecule has 106 valence electrons. The Balaban J connectivity index is 0. The van der Waals surface area contributed by atoms with Gasteiger partial charge in [-0.2, -0.15) is 0 Å². The summed E-state index contributed by atoms with van der Waals surface area (Å²) in [5, 5.41) is 0. The van der Waals surface area contributed by atoms with Gasteiger partial charge in [0, 0.05) is 0 Å². The zero-order valence-electron chi connectivity index (χ0n) is 13.5. The van der Waals surface area contributed by atoms with Crippen molar-refractivity contribution in [2.75, 3.05) is 0 Å². The van der Waals surface area contributed by atoms with Gasteiger partial charge in [-0.1, -0.05) is 0 Å². The molecule has 0 atom stereocenters. The van der Waals surface area contributed by atoms with Crippen LogP contribution in [0.25, 0.3) is 0 Å². The van der Waals surface area contributed by atoms with E-state index in [9.17, 15) is 0 Å². The van der Waals surface area contributed by atoms with Crippen molar-refractivity contribution in [2.24, 2.45) is 0 Å². The number of hydrogen-bond donors (Lipinski definition) is 0. The van der Waals surface area contributed by atoms with Crippen molar-refractivity contribution in [3.8, 4) is 0 Å². The third kappa shape index (κ3) is 26.2. The molecule has 0 aliphatic rings. The molecule has 2 radical (unpaired) electrons. The van der Waals surface area contributed by atoms with Crippen molar-refractivity contribution in [3.05, 3.63) is 0 Å². The molecule has 18 heavy (non-hydrogen) atoms. The van der Waals surface area contributed by atoms with E-state index in [2.05, 4.69) is 27.7 Å². The maximum atomic E-state index is 2.29. The number of rotatable bonds is 12. The van der Waals surface area contributed by atoms with Gasteiger partial charge in [0.05, 0.1) is 0 Å². The van der Waals surface area contributed by atoms with Crippen LogP contribution in [0.5, 0.6) is 0 Å². The van der Waals surface area contributed by atoms with Gasteiger partial charge in [-0.3, -0.25) is 0 Å². The summed E-state index contributed by atoms with van der Waals surface area (Å²) >= 11 is 0.299. The fourth-order valence-corrected chi connectivity index (χ4v) is 9.77. The van der Waals surface area contributed by atoms with Crippen molar-refractivity contribution < 1.29 is 0 Å². The molecule has 0 N–H and O–H groups in total. The topological polar surface area (TPSA) is 0 Å². The van der Waals surface area contributed by atoms with Gasteiger partial charge in [0.15, 0.2) is 0 Å². The molecule has 0 saturated heterocycles. The third-order valence-electron chi connectivity index (χ3n) is 2.83. The first-order valence-electron chi connectivity index (χ1n) is 8.24. The summed E-state index contributed by atoms with van der Waals surface area (Å²) in [4.78, 5) is 0. The van der Waals surface area contributed by atoms with E-state index in [1.165, 1.54) is 51.4 Å². The number of hydrogen-bond acceptors (Lipinski definition) is 0. The van der Waals surface area contributed by atoms with Crippen LogP contribution < -0.4 is 0 Å². The predicted molar refractivity (Wildman–Crippen MR) is 90.4 cm³/mol. The van der Waals surface area contributed by atoms with Crippen LogP contribution in [0, 0.1) is 0 Å². The van der Waals surface area contributed by atoms with Gasteiger partial charge >= 0.3 is 139 Å². The van der Waals surface area contributed by atoms with E-state index in [0.717, 1.165) is 0 Å². The molecule has 0 rings (SSSR count). The van der Waals surface area contributed by atoms with Crippen LogP contribution in [0.3, 0.4) is 0 Å². The zero-order chi connectivity index (χ0) is 13.9. The molecule has 0 aromatic heterocycles. The van der Waals surface area contributed by atoms with E-state index in [4.69, 9.17) is 0 Å². The van der Waals surface area contributed by atoms with Crippen LogP contribution in [-0.4, -0.2) is 42.3 Å². The van der Waals surface area contributed by atoms with Crippen molar-refractivity contribution in [3.63, 3.8) is 0 Å². The fourth-order valence-electron chi connectivity index (χ4n) is 1.46. The Bertz CT molecular complexity index is 89.7. The van der Waals surface area contributed by atoms with Gasteiger partial charge in [0.1, 0.15) is 0 Å². The van der Waals surface area contributed by atoms with E-state index in [0.29, 0.717) is 0 Å². The van der Waals surface area contributed by atoms with Gasteiger partial charge in [0.25, 0.3) is 0 Å². The van der Waals surface area contributed by atoms with Crippen LogP contribution in [-0.2, 0) is 0 Å². The van der Waals surface area contributed by atoms with E-state index < -0.39 is 0 Å². The Morgan fingerprint density at radius 2 is 0.667 bits per heavy atom. The minimum absolute atomic E-state index is 0.149. The average molecular weight is 466 g/mol. The van der Waals surface area contributed by atoms with Gasteiger partial charge in [-0.25, -0.2) is 0 Å². The molecule has 0 aliphatic carbocycles. The van der Waals surface area contributed by atoms with Crippen LogP contribution >= 0.6 is 0 Å². The van der Waals surface area contributed by atoms with Gasteiger partial charge in [0.2, 0.25) is 0 Å². The van der Waals surface area contributed by atoms with Gasteiger partial charge < -0.3 is 0 Å². The van der Waals surface area contributed by atoms with E-state index in [1.54, 1.807) is 17.7 Å². The minimum atomic E-state index is 0.149. The second-order valence-electron chi connectivity index (χ2n) is 4.91. The molecule has 0 spiro atoms. The van der Waals surface area contributed by atoms with E-state index in [-0.39, 0.29) is 42.3 Å². The summed E-state index contributed by atoms with van der Waals surface area (Å²) in [5.41, 5.74) is 0. The molecule has 0 amide bonds. The Morgan fingerprint density at radius 3 is 0.833 bits per heavy atom. The molecule has 0 saturated carbocycles. The van der Waals surface area contributed by atoms with Crippen LogP contribution in [0.4, 0.5) is 0 Å². The molecule has 0 nitrogen and oxygen atoms in total. The van der Waals surface area contributed by atoms with Crippen LogP contribution in [0.1, 0.15) is 79.1 Å². The summed E-state index contributed by atoms with van der Waals surface area (Å²) in [7, 11) is 0. The second-order valence-corrected chi connectivity index (χ2v) is 13.5. The van der Waals surface area contributed by atoms with Crippen molar-refractivity contribution in [1.29, 1.82) is 0 Å². The molecular formula is C16H36Sn2+2. The maximum absolute atomic E-state index is 2.29. The summed E-state index contributed by atoms with van der Waals surface area (Å²) in [6, 6.07) is 0. The molecule has 0 aliphatic heterocycles. The van der Waals surface area contributed by atoms with Gasteiger partial charge in [-0.15, -0.1) is 0 Å². The number of unbranched alkanes of at least 4 members (excludes halogenated alkanes) is 4. The SMILES string of the molecule is CCC[CH2][Sn+][CH2]CCC.CCC[CH2][Sn+][CH2]CCC. The Kier molecular flexibility index (Phi) is 28.8. The van der Waals surface area contributed by atoms with Crippen LogP contribution in [0.2, 0.25) is 17.7 Å². The van der Waals surface area contributed by atoms with E-state index in [1.807, 2.05) is 0 Å². The van der Waals surface area contributed by atoms with Gasteiger partial charge in [-0.05, 0) is 0 Å². The first-order valence-corrected chi connectivity index (χ1v) is 16.3. The fraction of sp³-hybridized carbons (Fsp3) is 1.00. The van der Waals surface area contributed by atoms with Crippen LogP contribution in [0.15, 0.2) is 0 Å². The quantitative estimate of drug-likeness (QED) is 0.236. The predicted octanol–water partition coefficient (Wildman–Crippen LogP) is 6.25. The molecule has 0 heterocycles. The summed E-state index contributed by atoms with van der Waals surface area (Å²) < 4.78 is 6.50. The summed E-state index contributed by atoms with van der Waals surface area (Å²) in [5.74, 6) is 0. The molecule has 0 aromatic carbocycles. The summed E-state index contributed by atoms with van der Waals surface area (Å²) in [6.45, 7) is 9.16. The Labute approximate surface area is 138 Å². The monoisotopic (exact) mass is 468 g/mol. The molecule has 2 heteroatoms. The first-order chi connectivity index (χ1) is 8.83. The third-order valence-corrected chi connectivity index (χ3v) is 10.9. The Hall–Kier alpha value is 1.60. The van der Waals surface area contributed by atoms with Crippen molar-refractivity contribution in [1.82, 2.24) is 0 Å². The molecule has 0 unspecified atom stereocenters. The second kappa shape index (κ2) is 23.7. The Morgan fingerprint density at radius 1 is 0.444 bits per heavy atom. The average Bonchev–Trinajstić information content (AvgIpc) is 2.39. The molecule has 0 aromatic rings. The first kappa shape index (κ1) is 21.9. The summed E-state index contributed by atoms with van der Waals surface area (Å²) in [6.07, 6.45) is 11.7. The molecular weight excluding hydrogens is 430 g/mol. The standard InChI is InChI=1S/4C4H9.2Sn/c4*1-3-4-2;;/h4*1,3-4H2,2H3;;/q;;;;2*+1. The van der Waals surface area contributed by atoms with Crippen molar-refractivity contribution >= 4 is 42.3 Å². The zero-order valence-corrected chi connectivity index (χ0v) is 19.2. The normalized spacial score (nSPS) is 9.56. The van der Waals surface area contributed by atoms with E-state index >= 15 is 0 Å².